The normalized spacial score (nSPS) is 10.6. The first kappa shape index (κ1) is 13.7. The van der Waals surface area contributed by atoms with E-state index in [-0.39, 0.29) is 29.1 Å². The van der Waals surface area contributed by atoms with Crippen LogP contribution < -0.4 is 0 Å². The van der Waals surface area contributed by atoms with Gasteiger partial charge in [0.25, 0.3) is 0 Å². The van der Waals surface area contributed by atoms with Gasteiger partial charge in [-0.25, -0.2) is 4.79 Å². The minimum atomic E-state index is -0.747. The van der Waals surface area contributed by atoms with Crippen molar-refractivity contribution in [3.8, 4) is 12.1 Å². The zero-order valence-electron chi connectivity index (χ0n) is 9.37. The Kier molecular flexibility index (Phi) is 5.37. The van der Waals surface area contributed by atoms with Gasteiger partial charge >= 0.3 is 5.97 Å². The van der Waals surface area contributed by atoms with Crippen molar-refractivity contribution in [1.29, 1.82) is 10.5 Å². The lowest BCUT2D eigenvalue weighted by atomic mass is 10.0. The maximum absolute atomic E-state index is 11.5. The highest BCUT2D eigenvalue weighted by Gasteiger charge is 2.19. The molecule has 84 valence electrons. The zero-order valence-corrected chi connectivity index (χ0v) is 9.37. The molecule has 0 rings (SSSR count). The molecule has 0 atom stereocenters. The summed E-state index contributed by atoms with van der Waals surface area (Å²) in [5.74, 6) is -1.03. The van der Waals surface area contributed by atoms with E-state index in [2.05, 4.69) is 0 Å². The van der Waals surface area contributed by atoms with Gasteiger partial charge < -0.3 is 9.84 Å². The number of carbonyl (C=O) groups excluding carboxylic acids is 1. The molecule has 0 bridgehead atoms. The Morgan fingerprint density at radius 1 is 1.31 bits per heavy atom. The molecule has 5 heteroatoms. The lowest BCUT2D eigenvalue weighted by Gasteiger charge is -2.08. The van der Waals surface area contributed by atoms with Crippen molar-refractivity contribution in [2.75, 3.05) is 6.61 Å². The third-order valence-corrected chi connectivity index (χ3v) is 1.81. The third-order valence-electron chi connectivity index (χ3n) is 1.81. The number of aliphatic hydroxyl groups excluding tert-OH is 1. The molecule has 16 heavy (non-hydrogen) atoms. The van der Waals surface area contributed by atoms with Gasteiger partial charge in [0.15, 0.2) is 0 Å². The molecule has 0 saturated heterocycles. The van der Waals surface area contributed by atoms with Gasteiger partial charge in [-0.2, -0.15) is 10.5 Å². The van der Waals surface area contributed by atoms with Crippen LogP contribution in [0.5, 0.6) is 0 Å². The minimum absolute atomic E-state index is 0.114. The van der Waals surface area contributed by atoms with Crippen LogP contribution in [0.2, 0.25) is 0 Å². The summed E-state index contributed by atoms with van der Waals surface area (Å²) in [4.78, 5) is 11.5. The van der Waals surface area contributed by atoms with E-state index < -0.39 is 5.97 Å². The van der Waals surface area contributed by atoms with Crippen molar-refractivity contribution in [3.63, 3.8) is 0 Å². The Hall–Kier alpha value is -2.27. The first-order chi connectivity index (χ1) is 7.49. The molecule has 0 aliphatic carbocycles. The van der Waals surface area contributed by atoms with Crippen molar-refractivity contribution < 1.29 is 14.6 Å². The van der Waals surface area contributed by atoms with Crippen LogP contribution in [0.3, 0.4) is 0 Å². The molecule has 0 radical (unpaired) electrons. The third kappa shape index (κ3) is 3.14. The van der Waals surface area contributed by atoms with Crippen LogP contribution in [0.15, 0.2) is 22.5 Å². The Balaban J connectivity index is 5.56. The Morgan fingerprint density at radius 3 is 2.12 bits per heavy atom. The van der Waals surface area contributed by atoms with Crippen LogP contribution in [-0.4, -0.2) is 17.7 Å². The van der Waals surface area contributed by atoms with Gasteiger partial charge in [0.1, 0.15) is 29.0 Å². The highest BCUT2D eigenvalue weighted by atomic mass is 16.5. The van der Waals surface area contributed by atoms with Crippen molar-refractivity contribution >= 4 is 5.97 Å². The standard InChI is InChI=1S/C11H12N2O3/c1-4-16-11(15)10(8(3)14)7(2)9(5-12)6-13/h14H,4H2,1-3H3/b10-8-. The van der Waals surface area contributed by atoms with E-state index in [9.17, 15) is 9.90 Å². The smallest absolute Gasteiger partial charge is 0.341 e. The molecule has 0 unspecified atom stereocenters. The summed E-state index contributed by atoms with van der Waals surface area (Å²) in [6, 6.07) is 3.30. The summed E-state index contributed by atoms with van der Waals surface area (Å²) in [6.07, 6.45) is 0. The number of allylic oxidation sites excluding steroid dienone is 2. The van der Waals surface area contributed by atoms with E-state index in [1.807, 2.05) is 0 Å². The van der Waals surface area contributed by atoms with E-state index in [1.165, 1.54) is 13.8 Å². The average Bonchev–Trinajstić information content (AvgIpc) is 2.19. The summed E-state index contributed by atoms with van der Waals surface area (Å²) in [6.45, 7) is 4.48. The molecule has 0 aromatic carbocycles. The number of esters is 1. The van der Waals surface area contributed by atoms with Crippen molar-refractivity contribution in [2.45, 2.75) is 20.8 Å². The van der Waals surface area contributed by atoms with Crippen LogP contribution in [0, 0.1) is 22.7 Å². The number of hydrogen-bond donors (Lipinski definition) is 1. The lowest BCUT2D eigenvalue weighted by molar-refractivity contribution is -0.138. The van der Waals surface area contributed by atoms with E-state index in [1.54, 1.807) is 19.1 Å². The lowest BCUT2D eigenvalue weighted by Crippen LogP contribution is -2.11. The fourth-order valence-corrected chi connectivity index (χ4v) is 1.09. The second kappa shape index (κ2) is 6.26. The number of ether oxygens (including phenoxy) is 1. The Morgan fingerprint density at radius 2 is 1.81 bits per heavy atom. The van der Waals surface area contributed by atoms with Crippen LogP contribution >= 0.6 is 0 Å². The van der Waals surface area contributed by atoms with Crippen LogP contribution in [0.4, 0.5) is 0 Å². The molecule has 0 aromatic rings. The summed E-state index contributed by atoms with van der Waals surface area (Å²) in [7, 11) is 0. The van der Waals surface area contributed by atoms with Gasteiger partial charge in [0, 0.05) is 0 Å². The second-order valence-electron chi connectivity index (χ2n) is 2.90. The van der Waals surface area contributed by atoms with E-state index in [0.717, 1.165) is 0 Å². The Labute approximate surface area is 93.9 Å². The molecular weight excluding hydrogens is 208 g/mol. The summed E-state index contributed by atoms with van der Waals surface area (Å²) in [5.41, 5.74) is -0.250. The number of nitrogens with zero attached hydrogens (tertiary/aromatic N) is 2. The van der Waals surface area contributed by atoms with Crippen molar-refractivity contribution in [3.05, 3.63) is 22.5 Å². The first-order valence-corrected chi connectivity index (χ1v) is 4.57. The number of aliphatic hydroxyl groups is 1. The fourth-order valence-electron chi connectivity index (χ4n) is 1.09. The monoisotopic (exact) mass is 220 g/mol. The molecule has 0 amide bonds. The van der Waals surface area contributed by atoms with Crippen molar-refractivity contribution in [2.24, 2.45) is 0 Å². The Bertz CT molecular complexity index is 413. The largest absolute Gasteiger partial charge is 0.512 e. The van der Waals surface area contributed by atoms with Gasteiger partial charge in [0.05, 0.1) is 6.61 Å². The quantitative estimate of drug-likeness (QED) is 0.257. The molecule has 0 saturated carbocycles. The zero-order chi connectivity index (χ0) is 12.7. The fraction of sp³-hybridized carbons (Fsp3) is 0.364. The van der Waals surface area contributed by atoms with Crippen LogP contribution in [-0.2, 0) is 9.53 Å². The number of rotatable bonds is 3. The van der Waals surface area contributed by atoms with Gasteiger partial charge in [0.2, 0.25) is 0 Å². The number of nitriles is 2. The molecule has 1 N–H and O–H groups in total. The maximum atomic E-state index is 11.5. The van der Waals surface area contributed by atoms with Crippen molar-refractivity contribution in [1.82, 2.24) is 0 Å². The van der Waals surface area contributed by atoms with Crippen LogP contribution in [0.1, 0.15) is 20.8 Å². The topological polar surface area (TPSA) is 94.1 Å². The molecule has 0 aliphatic rings. The predicted octanol–water partition coefficient (Wildman–Crippen LogP) is 1.75. The minimum Gasteiger partial charge on any atom is -0.512 e. The SMILES string of the molecule is CCOC(=O)/C(C(C)=C(C#N)C#N)=C(/C)O. The molecule has 0 spiro atoms. The summed E-state index contributed by atoms with van der Waals surface area (Å²) >= 11 is 0. The highest BCUT2D eigenvalue weighted by Crippen LogP contribution is 2.18. The van der Waals surface area contributed by atoms with Gasteiger partial charge in [-0.3, -0.25) is 0 Å². The number of hydrogen-bond acceptors (Lipinski definition) is 5. The molecule has 5 nitrogen and oxygen atoms in total. The molecule has 0 fully saturated rings. The number of carbonyl (C=O) groups is 1. The molecule has 0 aromatic heterocycles. The average molecular weight is 220 g/mol. The van der Waals surface area contributed by atoms with E-state index in [0.29, 0.717) is 0 Å². The first-order valence-electron chi connectivity index (χ1n) is 4.57. The van der Waals surface area contributed by atoms with Crippen LogP contribution in [0.25, 0.3) is 0 Å². The summed E-state index contributed by atoms with van der Waals surface area (Å²) in [5, 5.41) is 26.6. The van der Waals surface area contributed by atoms with Gasteiger partial charge in [-0.15, -0.1) is 0 Å². The molecular formula is C11H12N2O3. The van der Waals surface area contributed by atoms with E-state index >= 15 is 0 Å². The molecule has 0 heterocycles. The predicted molar refractivity (Wildman–Crippen MR) is 55.9 cm³/mol. The summed E-state index contributed by atoms with van der Waals surface area (Å²) < 4.78 is 4.72. The van der Waals surface area contributed by atoms with Gasteiger partial charge in [-0.1, -0.05) is 0 Å². The molecule has 0 aliphatic heterocycles. The van der Waals surface area contributed by atoms with E-state index in [4.69, 9.17) is 15.3 Å². The second-order valence-corrected chi connectivity index (χ2v) is 2.90. The highest BCUT2D eigenvalue weighted by molar-refractivity contribution is 5.94. The maximum Gasteiger partial charge on any atom is 0.341 e. The van der Waals surface area contributed by atoms with Gasteiger partial charge in [-0.05, 0) is 26.3 Å².